The number of rotatable bonds is 3. The predicted octanol–water partition coefficient (Wildman–Crippen LogP) is 2.04. The predicted molar refractivity (Wildman–Crippen MR) is 60.4 cm³/mol. The smallest absolute Gasteiger partial charge is 0.143 e. The average molecular weight is 193 g/mol. The van der Waals surface area contributed by atoms with E-state index in [1.165, 1.54) is 5.56 Å². The molecule has 0 heterocycles. The number of carbonyl (C=O) groups excluding carboxylic acids is 1. The maximum atomic E-state index is 9.98. The first kappa shape index (κ1) is 12.8. The molecule has 0 radical (unpaired) electrons. The second-order valence-electron chi connectivity index (χ2n) is 3.07. The Labute approximate surface area is 86.3 Å². The van der Waals surface area contributed by atoms with E-state index in [2.05, 4.69) is 36.5 Å². The first-order valence-electron chi connectivity index (χ1n) is 4.88. The molecule has 0 aromatic heterocycles. The van der Waals surface area contributed by atoms with E-state index >= 15 is 0 Å². The molecule has 0 saturated carbocycles. The van der Waals surface area contributed by atoms with Crippen LogP contribution in [0.15, 0.2) is 30.3 Å². The van der Waals surface area contributed by atoms with Gasteiger partial charge in [-0.05, 0) is 26.0 Å². The normalized spacial score (nSPS) is 8.79. The molecule has 1 aromatic rings. The van der Waals surface area contributed by atoms with E-state index < -0.39 is 0 Å². The highest BCUT2D eigenvalue weighted by molar-refractivity contribution is 5.77. The summed E-state index contributed by atoms with van der Waals surface area (Å²) in [6.07, 6.45) is 1.14. The molecule has 0 spiro atoms. The lowest BCUT2D eigenvalue weighted by Crippen LogP contribution is -2.14. The van der Waals surface area contributed by atoms with Crippen molar-refractivity contribution in [2.45, 2.75) is 20.3 Å². The van der Waals surface area contributed by atoms with E-state index in [9.17, 15) is 4.79 Å². The Morgan fingerprint density at radius 3 is 2.07 bits per heavy atom. The molecule has 0 amide bonds. The molecule has 1 aromatic carbocycles. The van der Waals surface area contributed by atoms with Crippen LogP contribution < -0.4 is 5.32 Å². The summed E-state index contributed by atoms with van der Waals surface area (Å²) in [6, 6.07) is 10.5. The number of ketones is 1. The summed E-state index contributed by atoms with van der Waals surface area (Å²) in [7, 11) is 1.75. The van der Waals surface area contributed by atoms with Crippen molar-refractivity contribution in [3.63, 3.8) is 0 Å². The Hall–Kier alpha value is -1.15. The van der Waals surface area contributed by atoms with Crippen LogP contribution in [0.1, 0.15) is 19.4 Å². The lowest BCUT2D eigenvalue weighted by molar-refractivity contribution is -0.116. The van der Waals surface area contributed by atoms with Crippen molar-refractivity contribution in [1.82, 2.24) is 5.32 Å². The molecule has 0 bridgehead atoms. The van der Waals surface area contributed by atoms with Gasteiger partial charge in [-0.3, -0.25) is 4.79 Å². The van der Waals surface area contributed by atoms with Gasteiger partial charge in [-0.1, -0.05) is 37.3 Å². The molecule has 0 aliphatic carbocycles. The molecular formula is C12H19NO. The number of hydrogen-bond acceptors (Lipinski definition) is 2. The summed E-state index contributed by atoms with van der Waals surface area (Å²) in [5.74, 6) is 0.178. The molecule has 1 N–H and O–H groups in total. The molecule has 1 rings (SSSR count). The summed E-state index contributed by atoms with van der Waals surface area (Å²) in [4.78, 5) is 9.98. The third kappa shape index (κ3) is 7.50. The van der Waals surface area contributed by atoms with Crippen LogP contribution in [-0.2, 0) is 11.2 Å². The SMILES string of the molecule is CCc1ccccc1.CNCC(C)=O. The topological polar surface area (TPSA) is 29.1 Å². The molecular weight excluding hydrogens is 174 g/mol. The molecule has 0 fully saturated rings. The molecule has 14 heavy (non-hydrogen) atoms. The van der Waals surface area contributed by atoms with E-state index in [0.717, 1.165) is 6.42 Å². The van der Waals surface area contributed by atoms with Gasteiger partial charge in [-0.15, -0.1) is 0 Å². The van der Waals surface area contributed by atoms with Crippen molar-refractivity contribution >= 4 is 5.78 Å². The molecule has 0 aliphatic rings. The average Bonchev–Trinajstić information content (AvgIpc) is 2.20. The molecule has 0 unspecified atom stereocenters. The van der Waals surface area contributed by atoms with Crippen molar-refractivity contribution in [3.05, 3.63) is 35.9 Å². The third-order valence-corrected chi connectivity index (χ3v) is 1.68. The van der Waals surface area contributed by atoms with Crippen LogP contribution in [0.5, 0.6) is 0 Å². The van der Waals surface area contributed by atoms with Crippen LogP contribution in [0, 0.1) is 0 Å². The highest BCUT2D eigenvalue weighted by Gasteiger charge is 1.82. The number of nitrogens with one attached hydrogen (secondary N) is 1. The van der Waals surface area contributed by atoms with Gasteiger partial charge in [-0.2, -0.15) is 0 Å². The van der Waals surface area contributed by atoms with Gasteiger partial charge in [0.25, 0.3) is 0 Å². The summed E-state index contributed by atoms with van der Waals surface area (Å²) >= 11 is 0. The number of hydrogen-bond donors (Lipinski definition) is 1. The Balaban J connectivity index is 0.000000255. The lowest BCUT2D eigenvalue weighted by Gasteiger charge is -1.89. The van der Waals surface area contributed by atoms with Crippen LogP contribution in [0.4, 0.5) is 0 Å². The van der Waals surface area contributed by atoms with Crippen LogP contribution in [0.25, 0.3) is 0 Å². The Bertz CT molecular complexity index is 244. The van der Waals surface area contributed by atoms with Gasteiger partial charge in [0.05, 0.1) is 6.54 Å². The van der Waals surface area contributed by atoms with Crippen molar-refractivity contribution in [1.29, 1.82) is 0 Å². The summed E-state index contributed by atoms with van der Waals surface area (Å²) < 4.78 is 0. The fourth-order valence-electron chi connectivity index (χ4n) is 0.963. The Kier molecular flexibility index (Phi) is 7.75. The highest BCUT2D eigenvalue weighted by atomic mass is 16.1. The van der Waals surface area contributed by atoms with E-state index in [0.29, 0.717) is 6.54 Å². The number of Topliss-reactive ketones (excluding diaryl/α,β-unsaturated/α-hetero) is 1. The number of likely N-dealkylation sites (N-methyl/N-ethyl adjacent to an activating group) is 1. The van der Waals surface area contributed by atoms with Gasteiger partial charge in [-0.25, -0.2) is 0 Å². The molecule has 2 heteroatoms. The van der Waals surface area contributed by atoms with Gasteiger partial charge in [0.2, 0.25) is 0 Å². The second-order valence-corrected chi connectivity index (χ2v) is 3.07. The lowest BCUT2D eigenvalue weighted by atomic mass is 10.2. The molecule has 0 saturated heterocycles. The highest BCUT2D eigenvalue weighted by Crippen LogP contribution is 1.96. The van der Waals surface area contributed by atoms with E-state index in [4.69, 9.17) is 0 Å². The van der Waals surface area contributed by atoms with E-state index in [-0.39, 0.29) is 5.78 Å². The van der Waals surface area contributed by atoms with Gasteiger partial charge in [0, 0.05) is 0 Å². The first-order valence-corrected chi connectivity index (χ1v) is 4.88. The van der Waals surface area contributed by atoms with Gasteiger partial charge in [0.15, 0.2) is 0 Å². The van der Waals surface area contributed by atoms with Crippen LogP contribution in [-0.4, -0.2) is 19.4 Å². The summed E-state index contributed by atoms with van der Waals surface area (Å²) in [5, 5.41) is 2.72. The van der Waals surface area contributed by atoms with Crippen LogP contribution >= 0.6 is 0 Å². The first-order chi connectivity index (χ1) is 6.70. The van der Waals surface area contributed by atoms with Gasteiger partial charge < -0.3 is 5.32 Å². The standard InChI is InChI=1S/C8H10.C4H9NO/c1-2-8-6-4-3-5-7-8;1-4(6)3-5-2/h3-7H,2H2,1H3;5H,3H2,1-2H3. The van der Waals surface area contributed by atoms with Gasteiger partial charge >= 0.3 is 0 Å². The quantitative estimate of drug-likeness (QED) is 0.796. The summed E-state index contributed by atoms with van der Waals surface area (Å²) in [5.41, 5.74) is 1.41. The van der Waals surface area contributed by atoms with Crippen molar-refractivity contribution in [2.24, 2.45) is 0 Å². The maximum absolute atomic E-state index is 9.98. The van der Waals surface area contributed by atoms with Crippen LogP contribution in [0.3, 0.4) is 0 Å². The fraction of sp³-hybridized carbons (Fsp3) is 0.417. The Morgan fingerprint density at radius 1 is 1.29 bits per heavy atom. The summed E-state index contributed by atoms with van der Waals surface area (Å²) in [6.45, 7) is 4.20. The largest absolute Gasteiger partial charge is 0.313 e. The zero-order valence-electron chi connectivity index (χ0n) is 9.21. The number of benzene rings is 1. The minimum Gasteiger partial charge on any atom is -0.313 e. The second kappa shape index (κ2) is 8.45. The Morgan fingerprint density at radius 2 is 1.86 bits per heavy atom. The zero-order valence-corrected chi connectivity index (χ0v) is 9.21. The van der Waals surface area contributed by atoms with Crippen molar-refractivity contribution in [3.8, 4) is 0 Å². The van der Waals surface area contributed by atoms with Crippen LogP contribution in [0.2, 0.25) is 0 Å². The number of carbonyl (C=O) groups is 1. The maximum Gasteiger partial charge on any atom is 0.143 e. The monoisotopic (exact) mass is 193 g/mol. The molecule has 78 valence electrons. The number of aryl methyl sites for hydroxylation is 1. The van der Waals surface area contributed by atoms with Crippen molar-refractivity contribution < 1.29 is 4.79 Å². The van der Waals surface area contributed by atoms with Gasteiger partial charge in [0.1, 0.15) is 5.78 Å². The zero-order chi connectivity index (χ0) is 10.8. The fourth-order valence-corrected chi connectivity index (χ4v) is 0.963. The minimum absolute atomic E-state index is 0.178. The third-order valence-electron chi connectivity index (χ3n) is 1.68. The molecule has 0 aliphatic heterocycles. The minimum atomic E-state index is 0.178. The van der Waals surface area contributed by atoms with E-state index in [1.807, 2.05) is 6.07 Å². The van der Waals surface area contributed by atoms with E-state index in [1.54, 1.807) is 14.0 Å². The molecule has 2 nitrogen and oxygen atoms in total. The van der Waals surface area contributed by atoms with Crippen molar-refractivity contribution in [2.75, 3.05) is 13.6 Å². The molecule has 0 atom stereocenters.